The molecule has 2 aromatic heterocycles. The van der Waals surface area contributed by atoms with E-state index in [0.717, 1.165) is 11.1 Å². The van der Waals surface area contributed by atoms with Gasteiger partial charge in [0.1, 0.15) is 18.9 Å². The number of aliphatic hydroxyl groups is 1. The largest absolute Gasteiger partial charge is 0.462 e. The van der Waals surface area contributed by atoms with Gasteiger partial charge in [-0.2, -0.15) is 0 Å². The number of fused-ring (bicyclic) bond motifs is 1. The smallest absolute Gasteiger partial charge is 0.330 e. The van der Waals surface area contributed by atoms with Crippen LogP contribution in [-0.4, -0.2) is 60.0 Å². The molecule has 11 nitrogen and oxygen atoms in total. The first kappa shape index (κ1) is 26.9. The number of aromatic amines is 1. The number of ether oxygens (including phenoxy) is 2. The lowest BCUT2D eigenvalue weighted by atomic mass is 9.99. The van der Waals surface area contributed by atoms with E-state index in [9.17, 15) is 19.5 Å². The van der Waals surface area contributed by atoms with Gasteiger partial charge in [0.15, 0.2) is 5.16 Å². The predicted octanol–water partition coefficient (Wildman–Crippen LogP) is 3.20. The molecule has 4 aromatic rings. The van der Waals surface area contributed by atoms with Crippen molar-refractivity contribution in [3.63, 3.8) is 0 Å². The molecular formula is C27H26BrN5O6S. The van der Waals surface area contributed by atoms with E-state index >= 15 is 0 Å². The monoisotopic (exact) mass is 627 g/mol. The zero-order chi connectivity index (χ0) is 28.0. The Bertz CT molecular complexity index is 1710. The minimum absolute atomic E-state index is 0.0337. The lowest BCUT2D eigenvalue weighted by Gasteiger charge is -2.16. The Morgan fingerprint density at radius 3 is 2.75 bits per heavy atom. The normalized spacial score (nSPS) is 20.7. The van der Waals surface area contributed by atoms with Gasteiger partial charge in [-0.3, -0.25) is 23.7 Å². The van der Waals surface area contributed by atoms with E-state index in [2.05, 4.69) is 55.4 Å². The van der Waals surface area contributed by atoms with Crippen LogP contribution in [0.2, 0.25) is 0 Å². The Hall–Kier alpha value is -3.26. The van der Waals surface area contributed by atoms with Crippen LogP contribution >= 0.6 is 27.7 Å². The fourth-order valence-corrected chi connectivity index (χ4v) is 6.27. The van der Waals surface area contributed by atoms with Crippen molar-refractivity contribution >= 4 is 44.4 Å². The first-order chi connectivity index (χ1) is 19.3. The van der Waals surface area contributed by atoms with Gasteiger partial charge >= 0.3 is 11.7 Å². The van der Waals surface area contributed by atoms with E-state index in [0.29, 0.717) is 21.4 Å². The Morgan fingerprint density at radius 2 is 1.98 bits per heavy atom. The number of hydrogen-bond acceptors (Lipinski definition) is 9. The van der Waals surface area contributed by atoms with Crippen molar-refractivity contribution < 1.29 is 19.4 Å². The number of rotatable bonds is 8. The Kier molecular flexibility index (Phi) is 7.38. The molecule has 0 spiro atoms. The number of carbonyl (C=O) groups is 1. The second kappa shape index (κ2) is 11.0. The summed E-state index contributed by atoms with van der Waals surface area (Å²) in [5, 5.41) is 21.7. The van der Waals surface area contributed by atoms with E-state index < -0.39 is 35.7 Å². The van der Waals surface area contributed by atoms with E-state index in [4.69, 9.17) is 9.47 Å². The highest BCUT2D eigenvalue weighted by atomic mass is 79.9. The summed E-state index contributed by atoms with van der Waals surface area (Å²) in [7, 11) is 0. The summed E-state index contributed by atoms with van der Waals surface area (Å²) in [6.45, 7) is 1.39. The number of H-pyrrole nitrogens is 1. The van der Waals surface area contributed by atoms with Gasteiger partial charge in [-0.15, -0.1) is 10.2 Å². The van der Waals surface area contributed by atoms with E-state index in [1.54, 1.807) is 6.92 Å². The molecule has 2 aliphatic rings. The Morgan fingerprint density at radius 1 is 1.20 bits per heavy atom. The van der Waals surface area contributed by atoms with Gasteiger partial charge in [0, 0.05) is 23.6 Å². The maximum atomic E-state index is 12.6. The summed E-state index contributed by atoms with van der Waals surface area (Å²) in [6, 6.07) is 12.5. The number of aryl methyl sites for hydroxylation is 1. The highest BCUT2D eigenvalue weighted by Crippen LogP contribution is 2.44. The molecule has 13 heteroatoms. The minimum Gasteiger partial charge on any atom is -0.462 e. The number of nitrogens with one attached hydrogen (secondary N) is 1. The molecule has 1 aliphatic heterocycles. The maximum Gasteiger partial charge on any atom is 0.330 e. The van der Waals surface area contributed by atoms with Crippen molar-refractivity contribution in [2.45, 2.75) is 55.7 Å². The fraction of sp³-hybridized carbons (Fsp3) is 0.370. The molecule has 1 saturated heterocycles. The second-order valence-corrected chi connectivity index (χ2v) is 11.6. The van der Waals surface area contributed by atoms with E-state index in [-0.39, 0.29) is 18.8 Å². The Labute approximate surface area is 240 Å². The summed E-state index contributed by atoms with van der Waals surface area (Å²) in [5.74, 6) is 0.0564. The molecule has 208 valence electrons. The van der Waals surface area contributed by atoms with Crippen LogP contribution in [0.1, 0.15) is 42.5 Å². The van der Waals surface area contributed by atoms with Gasteiger partial charge in [0.2, 0.25) is 4.73 Å². The van der Waals surface area contributed by atoms with Crippen molar-refractivity contribution in [3.8, 4) is 5.69 Å². The molecule has 6 rings (SSSR count). The lowest BCUT2D eigenvalue weighted by Crippen LogP contribution is -2.33. The molecule has 1 saturated carbocycles. The van der Waals surface area contributed by atoms with Gasteiger partial charge in [0.05, 0.1) is 17.5 Å². The number of carbonyl (C=O) groups excluding carboxylic acids is 1. The maximum absolute atomic E-state index is 12.6. The standard InChI is InChI=1S/C27H26BrN5O6S/c1-14-11-32(26(37)29-24(14)36)22-10-20(34)21(39-22)12-38-23(35)13-40-27-31-30-25(28)33(27)19-9-8-16(15-6-7-15)17-4-2-3-5-18(17)19/h2-5,8-9,11,15,20-22,34H,6-7,10,12-13H2,1H3,(H,29,36,37)/t20-,21?,22-/m1/s1. The average molecular weight is 629 g/mol. The van der Waals surface area contributed by atoms with Crippen molar-refractivity contribution in [1.82, 2.24) is 24.3 Å². The van der Waals surface area contributed by atoms with E-state index in [1.807, 2.05) is 16.7 Å². The molecule has 1 aliphatic carbocycles. The van der Waals surface area contributed by atoms with Gasteiger partial charge in [-0.1, -0.05) is 42.1 Å². The predicted molar refractivity (Wildman–Crippen MR) is 151 cm³/mol. The third-order valence-electron chi connectivity index (χ3n) is 7.17. The third-order valence-corrected chi connectivity index (χ3v) is 8.59. The number of halogens is 1. The number of thioether (sulfide) groups is 1. The van der Waals surface area contributed by atoms with Gasteiger partial charge in [-0.25, -0.2) is 4.79 Å². The molecule has 2 N–H and O–H groups in total. The van der Waals surface area contributed by atoms with Crippen LogP contribution in [0.15, 0.2) is 62.1 Å². The van der Waals surface area contributed by atoms with Crippen molar-refractivity contribution in [1.29, 1.82) is 0 Å². The molecular weight excluding hydrogens is 602 g/mol. The molecule has 0 amide bonds. The van der Waals surface area contributed by atoms with Crippen molar-refractivity contribution in [2.24, 2.45) is 0 Å². The molecule has 40 heavy (non-hydrogen) atoms. The van der Waals surface area contributed by atoms with Crippen LogP contribution in [0.5, 0.6) is 0 Å². The number of benzene rings is 2. The third kappa shape index (κ3) is 5.26. The number of hydrogen-bond donors (Lipinski definition) is 2. The topological polar surface area (TPSA) is 141 Å². The van der Waals surface area contributed by atoms with Crippen LogP contribution in [-0.2, 0) is 14.3 Å². The van der Waals surface area contributed by atoms with Crippen LogP contribution in [0.25, 0.3) is 16.5 Å². The van der Waals surface area contributed by atoms with Gasteiger partial charge in [-0.05, 0) is 58.6 Å². The SMILES string of the molecule is Cc1cn([C@H]2C[C@@H](O)C(COC(=O)CSc3nnc(Br)n3-c3ccc(C4CC4)c4ccccc34)O2)c(=O)[nH]c1=O. The average Bonchev–Trinajstić information content (AvgIpc) is 3.63. The molecule has 3 atom stereocenters. The van der Waals surface area contributed by atoms with Crippen LogP contribution < -0.4 is 11.2 Å². The summed E-state index contributed by atoms with van der Waals surface area (Å²) in [4.78, 5) is 38.7. The molecule has 0 radical (unpaired) electrons. The zero-order valence-corrected chi connectivity index (χ0v) is 23.9. The zero-order valence-electron chi connectivity index (χ0n) is 21.4. The highest BCUT2D eigenvalue weighted by molar-refractivity contribution is 9.10. The van der Waals surface area contributed by atoms with Gasteiger partial charge < -0.3 is 14.6 Å². The second-order valence-electron chi connectivity index (χ2n) is 9.96. The quantitative estimate of drug-likeness (QED) is 0.222. The highest BCUT2D eigenvalue weighted by Gasteiger charge is 2.36. The number of aliphatic hydroxyl groups excluding tert-OH is 1. The van der Waals surface area contributed by atoms with Crippen molar-refractivity contribution in [3.05, 3.63) is 79.3 Å². The summed E-state index contributed by atoms with van der Waals surface area (Å²) in [5.41, 5.74) is 1.49. The summed E-state index contributed by atoms with van der Waals surface area (Å²) >= 11 is 4.69. The first-order valence-corrected chi connectivity index (χ1v) is 14.6. The minimum atomic E-state index is -0.949. The van der Waals surface area contributed by atoms with Crippen LogP contribution in [0.3, 0.4) is 0 Å². The molecule has 2 fully saturated rings. The number of nitrogens with zero attached hydrogens (tertiary/aromatic N) is 4. The van der Waals surface area contributed by atoms with Crippen LogP contribution in [0.4, 0.5) is 0 Å². The lowest BCUT2D eigenvalue weighted by molar-refractivity contribution is -0.147. The summed E-state index contributed by atoms with van der Waals surface area (Å²) < 4.78 is 14.8. The number of esters is 1. The first-order valence-electron chi connectivity index (χ1n) is 12.9. The molecule has 0 bridgehead atoms. The Balaban J connectivity index is 1.11. The van der Waals surface area contributed by atoms with Crippen molar-refractivity contribution in [2.75, 3.05) is 12.4 Å². The molecule has 1 unspecified atom stereocenters. The van der Waals surface area contributed by atoms with Crippen LogP contribution in [0, 0.1) is 6.92 Å². The van der Waals surface area contributed by atoms with Gasteiger partial charge in [0.25, 0.3) is 5.56 Å². The fourth-order valence-electron chi connectivity index (χ4n) is 4.98. The molecule has 2 aromatic carbocycles. The van der Waals surface area contributed by atoms with E-state index in [1.165, 1.54) is 46.3 Å². The number of aromatic nitrogens is 5. The summed E-state index contributed by atoms with van der Waals surface area (Å²) in [6.07, 6.45) is 1.37. The molecule has 3 heterocycles.